The molecule has 2 aromatic carbocycles. The number of alkyl halides is 3. The zero-order valence-corrected chi connectivity index (χ0v) is 23.7. The molecule has 1 N–H and O–H groups in total. The van der Waals surface area contributed by atoms with Crippen LogP contribution in [0.3, 0.4) is 0 Å². The molecule has 3 aromatic heterocycles. The van der Waals surface area contributed by atoms with E-state index in [1.165, 1.54) is 23.0 Å². The fourth-order valence-corrected chi connectivity index (χ4v) is 4.89. The molecular weight excluding hydrogens is 559 g/mol. The Morgan fingerprint density at radius 1 is 0.977 bits per heavy atom. The number of halogens is 3. The highest BCUT2D eigenvalue weighted by molar-refractivity contribution is 5.84. The molecule has 0 aliphatic rings. The van der Waals surface area contributed by atoms with E-state index in [0.29, 0.717) is 17.1 Å². The Labute approximate surface area is 244 Å². The molecule has 9 nitrogen and oxygen atoms in total. The van der Waals surface area contributed by atoms with Gasteiger partial charge in [0.1, 0.15) is 12.7 Å². The summed E-state index contributed by atoms with van der Waals surface area (Å²) in [6, 6.07) is 15.4. The molecule has 0 saturated carbocycles. The Hall–Kier alpha value is -5.44. The first-order chi connectivity index (χ1) is 20.3. The molecule has 3 heterocycles. The Bertz CT molecular complexity index is 1920. The number of amides is 1. The van der Waals surface area contributed by atoms with E-state index in [4.69, 9.17) is 6.57 Å². The number of aromatic nitrogens is 5. The van der Waals surface area contributed by atoms with Gasteiger partial charge in [0, 0.05) is 12.1 Å². The molecule has 0 radical (unpaired) electrons. The SMILES string of the molecule is [C-]#[N+]c1ccc(-n2nccc2-c2c(C)n(-c3cccc(C(F)(F)F)c3)c(=O)n2C(=O)NC(C)(C)c2cc[n+](C)cc2)cc1. The summed E-state index contributed by atoms with van der Waals surface area (Å²) in [4.78, 5) is 31.4. The van der Waals surface area contributed by atoms with E-state index in [9.17, 15) is 22.8 Å². The number of aryl methyl sites for hydroxylation is 1. The Kier molecular flexibility index (Phi) is 7.27. The van der Waals surface area contributed by atoms with Crippen molar-refractivity contribution in [3.05, 3.63) is 124 Å². The Balaban J connectivity index is 1.71. The summed E-state index contributed by atoms with van der Waals surface area (Å²) in [7, 11) is 1.86. The number of carbonyl (C=O) groups excluding carboxylic acids is 1. The first-order valence-corrected chi connectivity index (χ1v) is 13.1. The predicted molar refractivity (Wildman–Crippen MR) is 153 cm³/mol. The fraction of sp³-hybridized carbons (Fsp3) is 0.194. The van der Waals surface area contributed by atoms with Crippen LogP contribution in [0.15, 0.2) is 90.1 Å². The Morgan fingerprint density at radius 3 is 2.28 bits per heavy atom. The van der Waals surface area contributed by atoms with Gasteiger partial charge >= 0.3 is 17.9 Å². The normalized spacial score (nSPS) is 11.8. The lowest BCUT2D eigenvalue weighted by molar-refractivity contribution is -0.671. The van der Waals surface area contributed by atoms with Crippen LogP contribution in [0.2, 0.25) is 0 Å². The lowest BCUT2D eigenvalue weighted by atomic mass is 9.95. The monoisotopic (exact) mass is 586 g/mol. The molecule has 0 aliphatic heterocycles. The minimum Gasteiger partial charge on any atom is -0.328 e. The summed E-state index contributed by atoms with van der Waals surface area (Å²) >= 11 is 0. The highest BCUT2D eigenvalue weighted by atomic mass is 19.4. The van der Waals surface area contributed by atoms with Crippen molar-refractivity contribution in [1.82, 2.24) is 24.2 Å². The lowest BCUT2D eigenvalue weighted by Gasteiger charge is -2.26. The summed E-state index contributed by atoms with van der Waals surface area (Å²) in [5, 5.41) is 7.29. The summed E-state index contributed by atoms with van der Waals surface area (Å²) < 4.78 is 46.1. The van der Waals surface area contributed by atoms with Gasteiger partial charge in [0.05, 0.1) is 46.6 Å². The molecule has 0 unspecified atom stereocenters. The van der Waals surface area contributed by atoms with E-state index in [0.717, 1.165) is 26.8 Å². The average Bonchev–Trinajstić information content (AvgIpc) is 3.54. The van der Waals surface area contributed by atoms with Crippen molar-refractivity contribution in [2.75, 3.05) is 0 Å². The number of nitrogens with zero attached hydrogens (tertiary/aromatic N) is 6. The van der Waals surface area contributed by atoms with Gasteiger partial charge in [-0.25, -0.2) is 28.3 Å². The first kappa shape index (κ1) is 29.1. The predicted octanol–water partition coefficient (Wildman–Crippen LogP) is 5.69. The third kappa shape index (κ3) is 5.44. The summed E-state index contributed by atoms with van der Waals surface area (Å²) in [6.07, 6.45) is 0.502. The molecule has 0 spiro atoms. The van der Waals surface area contributed by atoms with E-state index < -0.39 is 29.0 Å². The average molecular weight is 587 g/mol. The summed E-state index contributed by atoms with van der Waals surface area (Å²) in [5.41, 5.74) is -0.313. The van der Waals surface area contributed by atoms with Crippen molar-refractivity contribution >= 4 is 11.7 Å². The lowest BCUT2D eigenvalue weighted by Crippen LogP contribution is -2.46. The molecule has 1 amide bonds. The van der Waals surface area contributed by atoms with Crippen LogP contribution in [-0.4, -0.2) is 24.9 Å². The minimum absolute atomic E-state index is 0.0487. The van der Waals surface area contributed by atoms with Crippen molar-refractivity contribution in [3.8, 4) is 22.8 Å². The molecule has 5 rings (SSSR count). The van der Waals surface area contributed by atoms with Gasteiger partial charge in [-0.3, -0.25) is 4.57 Å². The van der Waals surface area contributed by atoms with Crippen molar-refractivity contribution in [1.29, 1.82) is 0 Å². The highest BCUT2D eigenvalue weighted by Gasteiger charge is 2.33. The number of carbonyl (C=O) groups is 1. The zero-order chi connectivity index (χ0) is 31.1. The number of benzene rings is 2. The number of imidazole rings is 1. The Morgan fingerprint density at radius 2 is 1.65 bits per heavy atom. The van der Waals surface area contributed by atoms with Crippen molar-refractivity contribution in [2.24, 2.45) is 7.05 Å². The van der Waals surface area contributed by atoms with Crippen LogP contribution in [0.1, 0.15) is 30.7 Å². The number of rotatable bonds is 5. The molecule has 0 saturated heterocycles. The molecule has 43 heavy (non-hydrogen) atoms. The first-order valence-electron chi connectivity index (χ1n) is 13.1. The van der Waals surface area contributed by atoms with Gasteiger partial charge in [-0.2, -0.15) is 18.3 Å². The molecule has 5 aromatic rings. The zero-order valence-electron chi connectivity index (χ0n) is 23.7. The summed E-state index contributed by atoms with van der Waals surface area (Å²) in [6.45, 7) is 12.3. The smallest absolute Gasteiger partial charge is 0.328 e. The van der Waals surface area contributed by atoms with Crippen molar-refractivity contribution in [2.45, 2.75) is 32.5 Å². The molecule has 0 bridgehead atoms. The molecule has 0 fully saturated rings. The summed E-state index contributed by atoms with van der Waals surface area (Å²) in [5.74, 6) is 0. The second-order valence-corrected chi connectivity index (χ2v) is 10.5. The van der Waals surface area contributed by atoms with Gasteiger partial charge < -0.3 is 5.32 Å². The van der Waals surface area contributed by atoms with Crippen LogP contribution in [0.4, 0.5) is 23.7 Å². The number of nitrogens with one attached hydrogen (secondary N) is 1. The van der Waals surface area contributed by atoms with Crippen LogP contribution >= 0.6 is 0 Å². The third-order valence-electron chi connectivity index (χ3n) is 7.15. The van der Waals surface area contributed by atoms with E-state index in [1.54, 1.807) is 51.1 Å². The molecular formula is C31H27F3N7O2+. The maximum Gasteiger partial charge on any atom is 0.416 e. The topological polar surface area (TPSA) is 82.1 Å². The second-order valence-electron chi connectivity index (χ2n) is 10.5. The van der Waals surface area contributed by atoms with Gasteiger partial charge in [0.15, 0.2) is 18.1 Å². The second kappa shape index (κ2) is 10.8. The molecule has 0 atom stereocenters. The van der Waals surface area contributed by atoms with Gasteiger partial charge in [0.25, 0.3) is 0 Å². The highest BCUT2D eigenvalue weighted by Crippen LogP contribution is 2.32. The van der Waals surface area contributed by atoms with Crippen LogP contribution < -0.4 is 15.6 Å². The van der Waals surface area contributed by atoms with E-state index in [-0.39, 0.29) is 17.1 Å². The van der Waals surface area contributed by atoms with Gasteiger partial charge in [-0.05, 0) is 62.7 Å². The molecule has 0 aliphatic carbocycles. The largest absolute Gasteiger partial charge is 0.416 e. The van der Waals surface area contributed by atoms with Crippen LogP contribution in [0.25, 0.3) is 27.6 Å². The van der Waals surface area contributed by atoms with E-state index in [2.05, 4.69) is 15.3 Å². The maximum atomic E-state index is 14.0. The van der Waals surface area contributed by atoms with Crippen molar-refractivity contribution < 1.29 is 22.5 Å². The quantitative estimate of drug-likeness (QED) is 0.212. The van der Waals surface area contributed by atoms with Crippen LogP contribution in [0.5, 0.6) is 0 Å². The van der Waals surface area contributed by atoms with E-state index >= 15 is 0 Å². The minimum atomic E-state index is -4.64. The number of hydrogen-bond donors (Lipinski definition) is 1. The van der Waals surface area contributed by atoms with Gasteiger partial charge in [-0.1, -0.05) is 18.2 Å². The molecule has 12 heteroatoms. The fourth-order valence-electron chi connectivity index (χ4n) is 4.89. The van der Waals surface area contributed by atoms with Crippen LogP contribution in [0, 0.1) is 13.5 Å². The van der Waals surface area contributed by atoms with E-state index in [1.807, 2.05) is 36.1 Å². The van der Waals surface area contributed by atoms with Gasteiger partial charge in [-0.15, -0.1) is 0 Å². The van der Waals surface area contributed by atoms with Gasteiger partial charge in [0.2, 0.25) is 0 Å². The number of pyridine rings is 1. The number of hydrogen-bond acceptors (Lipinski definition) is 3. The van der Waals surface area contributed by atoms with Crippen molar-refractivity contribution in [3.63, 3.8) is 0 Å². The molecule has 218 valence electrons. The third-order valence-corrected chi connectivity index (χ3v) is 7.15. The van der Waals surface area contributed by atoms with Crippen LogP contribution in [-0.2, 0) is 18.8 Å². The maximum absolute atomic E-state index is 14.0. The standard InChI is InChI=1S/C31H26F3N7O2/c1-20-27(26-13-16-36-41(26)24-11-9-23(35-4)10-12-24)40(28(42)37-30(2,3)21-14-17-38(5)18-15-21)29(43)39(20)25-8-6-7-22(19-25)31(32,33)34/h6-19H,1-3,5H3/p+1.